The van der Waals surface area contributed by atoms with Crippen molar-refractivity contribution in [1.29, 1.82) is 0 Å². The minimum absolute atomic E-state index is 0.0708. The van der Waals surface area contributed by atoms with Crippen molar-refractivity contribution in [2.24, 2.45) is 5.92 Å². The molecule has 0 unspecified atom stereocenters. The number of benzene rings is 2. The molecule has 1 aliphatic rings. The van der Waals surface area contributed by atoms with E-state index in [4.69, 9.17) is 4.42 Å². The topological polar surface area (TPSA) is 135 Å². The summed E-state index contributed by atoms with van der Waals surface area (Å²) in [7, 11) is 0. The van der Waals surface area contributed by atoms with E-state index in [1.54, 1.807) is 29.2 Å². The van der Waals surface area contributed by atoms with Gasteiger partial charge in [-0.15, -0.1) is 0 Å². The predicted octanol–water partition coefficient (Wildman–Crippen LogP) is 3.93. The highest BCUT2D eigenvalue weighted by Crippen LogP contribution is 2.25. The first-order valence-corrected chi connectivity index (χ1v) is 10.7. The van der Waals surface area contributed by atoms with Crippen molar-refractivity contribution < 1.29 is 23.7 Å². The number of hydrogen-bond donors (Lipinski definition) is 2. The van der Waals surface area contributed by atoms with Gasteiger partial charge in [0, 0.05) is 24.7 Å². The fourth-order valence-electron chi connectivity index (χ4n) is 3.79. The van der Waals surface area contributed by atoms with Crippen LogP contribution in [0.1, 0.15) is 33.8 Å². The Bertz CT molecular complexity index is 1210. The minimum atomic E-state index is -0.738. The average molecular weight is 462 g/mol. The quantitative estimate of drug-likeness (QED) is 0.421. The molecule has 1 saturated heterocycles. The summed E-state index contributed by atoms with van der Waals surface area (Å²) in [5.74, 6) is -2.03. The minimum Gasteiger partial charge on any atom is -0.395 e. The van der Waals surface area contributed by atoms with Crippen LogP contribution < -0.4 is 10.6 Å². The predicted molar refractivity (Wildman–Crippen MR) is 123 cm³/mol. The molecule has 2 heterocycles. The molecule has 0 bridgehead atoms. The van der Waals surface area contributed by atoms with Gasteiger partial charge in [0.05, 0.1) is 17.3 Å². The van der Waals surface area contributed by atoms with E-state index < -0.39 is 16.7 Å². The number of nitrogens with one attached hydrogen (secondary N) is 2. The summed E-state index contributed by atoms with van der Waals surface area (Å²) in [6, 6.07) is 18.0. The number of likely N-dealkylation sites (tertiary alicyclic amines) is 1. The Morgan fingerprint density at radius 1 is 0.912 bits per heavy atom. The van der Waals surface area contributed by atoms with Gasteiger partial charge in [-0.05, 0) is 43.2 Å². The van der Waals surface area contributed by atoms with E-state index in [0.29, 0.717) is 25.9 Å². The van der Waals surface area contributed by atoms with Crippen molar-refractivity contribution in [3.63, 3.8) is 0 Å². The Morgan fingerprint density at radius 2 is 1.59 bits per heavy atom. The fraction of sp³-hybridized carbons (Fsp3) is 0.208. The first kappa shape index (κ1) is 22.7. The maximum absolute atomic E-state index is 13.2. The van der Waals surface area contributed by atoms with E-state index in [2.05, 4.69) is 10.6 Å². The number of carbonyl (C=O) groups is 3. The number of amides is 3. The van der Waals surface area contributed by atoms with Gasteiger partial charge in [-0.25, -0.2) is 0 Å². The highest BCUT2D eigenvalue weighted by Gasteiger charge is 2.29. The first-order chi connectivity index (χ1) is 16.4. The Labute approximate surface area is 194 Å². The second-order valence-electron chi connectivity index (χ2n) is 7.82. The molecule has 1 aromatic heterocycles. The zero-order valence-corrected chi connectivity index (χ0v) is 18.1. The molecule has 0 aliphatic carbocycles. The molecule has 0 atom stereocenters. The molecule has 0 saturated carbocycles. The number of rotatable bonds is 6. The lowest BCUT2D eigenvalue weighted by Crippen LogP contribution is -2.41. The molecule has 4 rings (SSSR count). The van der Waals surface area contributed by atoms with Gasteiger partial charge in [0.15, 0.2) is 5.76 Å². The Hall–Kier alpha value is -4.47. The lowest BCUT2D eigenvalue weighted by Gasteiger charge is -2.31. The van der Waals surface area contributed by atoms with E-state index in [0.717, 1.165) is 11.8 Å². The number of furan rings is 1. The maximum Gasteiger partial charge on any atom is 0.433 e. The molecule has 10 nitrogen and oxygen atoms in total. The molecule has 0 radical (unpaired) electrons. The van der Waals surface area contributed by atoms with Gasteiger partial charge < -0.3 is 20.0 Å². The molecular weight excluding hydrogens is 440 g/mol. The smallest absolute Gasteiger partial charge is 0.395 e. The summed E-state index contributed by atoms with van der Waals surface area (Å²) in [5.41, 5.74) is 1.28. The Kier molecular flexibility index (Phi) is 6.67. The maximum atomic E-state index is 13.2. The van der Waals surface area contributed by atoms with E-state index in [-0.39, 0.29) is 34.7 Å². The molecule has 1 fully saturated rings. The van der Waals surface area contributed by atoms with Crippen LogP contribution in [0.2, 0.25) is 0 Å². The number of anilines is 2. The fourth-order valence-corrected chi connectivity index (χ4v) is 3.79. The number of nitrogens with zero attached hydrogens (tertiary/aromatic N) is 2. The van der Waals surface area contributed by atoms with E-state index in [9.17, 15) is 24.5 Å². The van der Waals surface area contributed by atoms with Gasteiger partial charge in [0.1, 0.15) is 4.92 Å². The molecule has 0 spiro atoms. The van der Waals surface area contributed by atoms with Crippen LogP contribution in [0.3, 0.4) is 0 Å². The lowest BCUT2D eigenvalue weighted by atomic mass is 9.95. The van der Waals surface area contributed by atoms with Crippen LogP contribution in [0.25, 0.3) is 0 Å². The number of para-hydroxylation sites is 2. The monoisotopic (exact) mass is 462 g/mol. The second kappa shape index (κ2) is 9.99. The number of carbonyl (C=O) groups excluding carboxylic acids is 3. The van der Waals surface area contributed by atoms with Crippen molar-refractivity contribution in [2.75, 3.05) is 23.7 Å². The molecular formula is C24H22N4O6. The third kappa shape index (κ3) is 5.12. The van der Waals surface area contributed by atoms with E-state index in [1.165, 1.54) is 6.07 Å². The molecule has 3 amide bonds. The summed E-state index contributed by atoms with van der Waals surface area (Å²) in [6.45, 7) is 0.802. The van der Waals surface area contributed by atoms with Crippen LogP contribution in [0.5, 0.6) is 0 Å². The lowest BCUT2D eigenvalue weighted by molar-refractivity contribution is -0.402. The van der Waals surface area contributed by atoms with Crippen molar-refractivity contribution in [3.05, 3.63) is 88.2 Å². The number of nitro groups is 1. The Morgan fingerprint density at radius 3 is 2.26 bits per heavy atom. The normalized spacial score (nSPS) is 13.8. The summed E-state index contributed by atoms with van der Waals surface area (Å²) in [6.07, 6.45) is 1.05. The Balaban J connectivity index is 1.38. The van der Waals surface area contributed by atoms with Crippen LogP contribution in [-0.4, -0.2) is 40.6 Å². The van der Waals surface area contributed by atoms with E-state index in [1.807, 2.05) is 30.3 Å². The number of piperidine rings is 1. The largest absolute Gasteiger partial charge is 0.433 e. The van der Waals surface area contributed by atoms with Gasteiger partial charge in [-0.3, -0.25) is 24.5 Å². The summed E-state index contributed by atoms with van der Waals surface area (Å²) >= 11 is 0. The van der Waals surface area contributed by atoms with Crippen molar-refractivity contribution in [2.45, 2.75) is 12.8 Å². The van der Waals surface area contributed by atoms with Gasteiger partial charge in [-0.2, -0.15) is 0 Å². The zero-order valence-electron chi connectivity index (χ0n) is 18.1. The van der Waals surface area contributed by atoms with Gasteiger partial charge in [0.2, 0.25) is 5.91 Å². The summed E-state index contributed by atoms with van der Waals surface area (Å²) < 4.78 is 4.93. The van der Waals surface area contributed by atoms with Crippen molar-refractivity contribution in [3.8, 4) is 0 Å². The van der Waals surface area contributed by atoms with Crippen molar-refractivity contribution in [1.82, 2.24) is 4.90 Å². The molecule has 34 heavy (non-hydrogen) atoms. The standard InChI is InChI=1S/C24H22N4O6/c29-22(25-17-6-2-1-3-7-17)16-12-14-27(15-13-16)24(31)18-8-4-5-9-19(18)26-23(30)20-10-11-21(34-20)28(32)33/h1-11,16H,12-15H2,(H,25,29)(H,26,30). The summed E-state index contributed by atoms with van der Waals surface area (Å²) in [4.78, 5) is 49.9. The van der Waals surface area contributed by atoms with Crippen LogP contribution in [0, 0.1) is 16.0 Å². The highest BCUT2D eigenvalue weighted by molar-refractivity contribution is 6.08. The van der Waals surface area contributed by atoms with Crippen LogP contribution in [-0.2, 0) is 4.79 Å². The molecule has 2 N–H and O–H groups in total. The molecule has 1 aliphatic heterocycles. The van der Waals surface area contributed by atoms with Crippen molar-refractivity contribution >= 4 is 35.0 Å². The third-order valence-corrected chi connectivity index (χ3v) is 5.60. The van der Waals surface area contributed by atoms with Gasteiger partial charge in [0.25, 0.3) is 11.8 Å². The average Bonchev–Trinajstić information content (AvgIpc) is 3.36. The molecule has 3 aromatic rings. The third-order valence-electron chi connectivity index (χ3n) is 5.60. The molecule has 2 aromatic carbocycles. The van der Waals surface area contributed by atoms with Gasteiger partial charge in [-0.1, -0.05) is 30.3 Å². The first-order valence-electron chi connectivity index (χ1n) is 10.7. The SMILES string of the molecule is O=C(Nc1ccccc1C(=O)N1CCC(C(=O)Nc2ccccc2)CC1)c1ccc([N+](=O)[O-])o1. The molecule has 10 heteroatoms. The second-order valence-corrected chi connectivity index (χ2v) is 7.82. The highest BCUT2D eigenvalue weighted by atomic mass is 16.6. The zero-order chi connectivity index (χ0) is 24.1. The number of hydrogen-bond acceptors (Lipinski definition) is 6. The van der Waals surface area contributed by atoms with E-state index >= 15 is 0 Å². The van der Waals surface area contributed by atoms with Crippen LogP contribution >= 0.6 is 0 Å². The summed E-state index contributed by atoms with van der Waals surface area (Å²) in [5, 5.41) is 16.3. The van der Waals surface area contributed by atoms with Crippen LogP contribution in [0.4, 0.5) is 17.3 Å². The molecule has 174 valence electrons. The van der Waals surface area contributed by atoms with Gasteiger partial charge >= 0.3 is 5.88 Å². The van der Waals surface area contributed by atoms with Crippen LogP contribution in [0.15, 0.2) is 71.1 Å².